The lowest BCUT2D eigenvalue weighted by atomic mass is 10.1. The van der Waals surface area contributed by atoms with E-state index in [1.807, 2.05) is 25.7 Å². The lowest BCUT2D eigenvalue weighted by Crippen LogP contribution is -2.36. The molecule has 0 unspecified atom stereocenters. The van der Waals surface area contributed by atoms with Gasteiger partial charge in [0.15, 0.2) is 0 Å². The zero-order valence-corrected chi connectivity index (χ0v) is 13.3. The van der Waals surface area contributed by atoms with Gasteiger partial charge in [-0.1, -0.05) is 0 Å². The summed E-state index contributed by atoms with van der Waals surface area (Å²) in [7, 11) is 0. The van der Waals surface area contributed by atoms with E-state index in [1.54, 1.807) is 0 Å². The lowest BCUT2D eigenvalue weighted by Gasteiger charge is -2.21. The highest BCUT2D eigenvalue weighted by Gasteiger charge is 2.25. The van der Waals surface area contributed by atoms with E-state index in [-0.39, 0.29) is 5.91 Å². The average Bonchev–Trinajstić information content (AvgIpc) is 2.59. The van der Waals surface area contributed by atoms with Crippen molar-refractivity contribution in [2.24, 2.45) is 0 Å². The van der Waals surface area contributed by atoms with Crippen molar-refractivity contribution in [1.29, 1.82) is 0 Å². The molecule has 20 heavy (non-hydrogen) atoms. The maximum atomic E-state index is 12.7. The number of amides is 1. The second kappa shape index (κ2) is 6.64. The van der Waals surface area contributed by atoms with E-state index in [2.05, 4.69) is 4.90 Å². The van der Waals surface area contributed by atoms with Crippen LogP contribution in [0.1, 0.15) is 33.9 Å². The van der Waals surface area contributed by atoms with Crippen molar-refractivity contribution in [1.82, 2.24) is 9.80 Å². The van der Waals surface area contributed by atoms with Crippen LogP contribution in [-0.4, -0.2) is 54.3 Å². The number of furan rings is 1. The number of hydrogen-bond donors (Lipinski definition) is 0. The number of alkyl halides is 1. The fourth-order valence-corrected chi connectivity index (χ4v) is 3.02. The summed E-state index contributed by atoms with van der Waals surface area (Å²) in [5.41, 5.74) is 1.71. The van der Waals surface area contributed by atoms with Crippen LogP contribution in [-0.2, 0) is 0 Å². The van der Waals surface area contributed by atoms with Crippen molar-refractivity contribution < 1.29 is 9.21 Å². The first-order valence-corrected chi connectivity index (χ1v) is 7.72. The Hall–Kier alpha value is -1.00. The molecule has 1 aliphatic rings. The number of hydrogen-bond acceptors (Lipinski definition) is 3. The van der Waals surface area contributed by atoms with Gasteiger partial charge in [-0.2, -0.15) is 0 Å². The van der Waals surface area contributed by atoms with Gasteiger partial charge in [-0.05, 0) is 33.7 Å². The Morgan fingerprint density at radius 3 is 2.50 bits per heavy atom. The molecule has 1 saturated heterocycles. The highest BCUT2D eigenvalue weighted by molar-refractivity contribution is 6.18. The molecule has 0 saturated carbocycles. The third kappa shape index (κ3) is 3.18. The molecule has 0 atom stereocenters. The van der Waals surface area contributed by atoms with Crippen molar-refractivity contribution in [2.75, 3.05) is 38.6 Å². The average molecular weight is 299 g/mol. The fraction of sp³-hybridized carbons (Fsp3) is 0.667. The number of carbonyl (C=O) groups is 1. The normalized spacial score (nSPS) is 17.3. The number of rotatable bonds is 3. The van der Waals surface area contributed by atoms with Gasteiger partial charge in [-0.3, -0.25) is 4.79 Å². The molecular weight excluding hydrogens is 276 g/mol. The zero-order valence-electron chi connectivity index (χ0n) is 12.5. The van der Waals surface area contributed by atoms with Crippen LogP contribution in [0, 0.1) is 20.8 Å². The highest BCUT2D eigenvalue weighted by Crippen LogP contribution is 2.22. The first-order valence-electron chi connectivity index (χ1n) is 7.18. The first kappa shape index (κ1) is 15.4. The minimum atomic E-state index is 0.101. The Morgan fingerprint density at radius 1 is 1.15 bits per heavy atom. The highest BCUT2D eigenvalue weighted by atomic mass is 35.5. The molecule has 2 rings (SSSR count). The Balaban J connectivity index is 2.09. The van der Waals surface area contributed by atoms with Crippen LogP contribution in [0.4, 0.5) is 0 Å². The van der Waals surface area contributed by atoms with E-state index < -0.39 is 0 Å². The van der Waals surface area contributed by atoms with Crippen LogP contribution in [0.3, 0.4) is 0 Å². The molecular formula is C15H23ClN2O2. The van der Waals surface area contributed by atoms with E-state index in [0.29, 0.717) is 5.88 Å². The summed E-state index contributed by atoms with van der Waals surface area (Å²) in [4.78, 5) is 17.0. The maximum Gasteiger partial charge on any atom is 0.257 e. The lowest BCUT2D eigenvalue weighted by molar-refractivity contribution is 0.0759. The molecule has 0 aliphatic carbocycles. The standard InChI is InChI=1S/C15H23ClN2O2/c1-11-12(2)20-13(3)14(11)15(19)18-7-4-6-17(8-5-16)9-10-18/h4-10H2,1-3H3. The summed E-state index contributed by atoms with van der Waals surface area (Å²) in [6, 6.07) is 0. The summed E-state index contributed by atoms with van der Waals surface area (Å²) < 4.78 is 5.57. The third-order valence-corrected chi connectivity index (χ3v) is 4.22. The van der Waals surface area contributed by atoms with Gasteiger partial charge < -0.3 is 14.2 Å². The summed E-state index contributed by atoms with van der Waals surface area (Å²) in [5, 5.41) is 0. The minimum Gasteiger partial charge on any atom is -0.466 e. The van der Waals surface area contributed by atoms with Gasteiger partial charge in [0, 0.05) is 37.6 Å². The van der Waals surface area contributed by atoms with Crippen molar-refractivity contribution in [2.45, 2.75) is 27.2 Å². The van der Waals surface area contributed by atoms with Crippen LogP contribution >= 0.6 is 11.6 Å². The summed E-state index contributed by atoms with van der Waals surface area (Å²) in [6.45, 7) is 10.1. The summed E-state index contributed by atoms with van der Waals surface area (Å²) in [6.07, 6.45) is 0.998. The van der Waals surface area contributed by atoms with Gasteiger partial charge in [0.05, 0.1) is 5.56 Å². The molecule has 0 spiro atoms. The molecule has 1 aromatic heterocycles. The molecule has 1 aliphatic heterocycles. The molecule has 0 bridgehead atoms. The second-order valence-electron chi connectivity index (χ2n) is 5.39. The number of aryl methyl sites for hydroxylation is 2. The Morgan fingerprint density at radius 2 is 1.90 bits per heavy atom. The number of carbonyl (C=O) groups excluding carboxylic acids is 1. The molecule has 1 aromatic rings. The first-order chi connectivity index (χ1) is 9.54. The largest absolute Gasteiger partial charge is 0.466 e. The number of nitrogens with zero attached hydrogens (tertiary/aromatic N) is 2. The molecule has 0 radical (unpaired) electrons. The van der Waals surface area contributed by atoms with E-state index in [9.17, 15) is 4.79 Å². The summed E-state index contributed by atoms with van der Waals surface area (Å²) >= 11 is 5.79. The van der Waals surface area contributed by atoms with Crippen LogP contribution < -0.4 is 0 Å². The minimum absolute atomic E-state index is 0.101. The van der Waals surface area contributed by atoms with Crippen LogP contribution in [0.15, 0.2) is 4.42 Å². The predicted molar refractivity (Wildman–Crippen MR) is 80.6 cm³/mol. The van der Waals surface area contributed by atoms with Gasteiger partial charge in [0.25, 0.3) is 5.91 Å². The molecule has 4 nitrogen and oxygen atoms in total. The molecule has 2 heterocycles. The molecule has 5 heteroatoms. The third-order valence-electron chi connectivity index (χ3n) is 4.05. The second-order valence-corrected chi connectivity index (χ2v) is 5.77. The monoisotopic (exact) mass is 298 g/mol. The van der Waals surface area contributed by atoms with Crippen LogP contribution in [0.5, 0.6) is 0 Å². The van der Waals surface area contributed by atoms with E-state index in [0.717, 1.165) is 61.8 Å². The van der Waals surface area contributed by atoms with Crippen molar-refractivity contribution in [3.05, 3.63) is 22.6 Å². The van der Waals surface area contributed by atoms with Crippen LogP contribution in [0.25, 0.3) is 0 Å². The SMILES string of the molecule is Cc1oc(C)c(C(=O)N2CCCN(CCCl)CC2)c1C. The van der Waals surface area contributed by atoms with E-state index >= 15 is 0 Å². The van der Waals surface area contributed by atoms with Crippen molar-refractivity contribution >= 4 is 17.5 Å². The molecule has 1 fully saturated rings. The van der Waals surface area contributed by atoms with E-state index in [4.69, 9.17) is 16.0 Å². The van der Waals surface area contributed by atoms with Gasteiger partial charge >= 0.3 is 0 Å². The summed E-state index contributed by atoms with van der Waals surface area (Å²) in [5.74, 6) is 2.31. The molecule has 0 aromatic carbocycles. The Kier molecular flexibility index (Phi) is 5.11. The smallest absolute Gasteiger partial charge is 0.257 e. The molecule has 1 amide bonds. The van der Waals surface area contributed by atoms with Crippen molar-refractivity contribution in [3.63, 3.8) is 0 Å². The Labute approximate surface area is 125 Å². The zero-order chi connectivity index (χ0) is 14.7. The maximum absolute atomic E-state index is 12.7. The van der Waals surface area contributed by atoms with Gasteiger partial charge in [-0.15, -0.1) is 11.6 Å². The van der Waals surface area contributed by atoms with Crippen molar-refractivity contribution in [3.8, 4) is 0 Å². The van der Waals surface area contributed by atoms with Gasteiger partial charge in [-0.25, -0.2) is 0 Å². The topological polar surface area (TPSA) is 36.7 Å². The quantitative estimate of drug-likeness (QED) is 0.805. The van der Waals surface area contributed by atoms with Crippen LogP contribution in [0.2, 0.25) is 0 Å². The Bertz CT molecular complexity index is 484. The predicted octanol–water partition coefficient (Wildman–Crippen LogP) is 2.59. The molecule has 0 N–H and O–H groups in total. The van der Waals surface area contributed by atoms with Gasteiger partial charge in [0.2, 0.25) is 0 Å². The fourth-order valence-electron chi connectivity index (χ4n) is 2.78. The molecule has 112 valence electrons. The van der Waals surface area contributed by atoms with Gasteiger partial charge in [0.1, 0.15) is 11.5 Å². The number of halogens is 1. The van der Waals surface area contributed by atoms with E-state index in [1.165, 1.54) is 0 Å².